The second-order valence-electron chi connectivity index (χ2n) is 7.33. The minimum Gasteiger partial charge on any atom is -0.494 e. The summed E-state index contributed by atoms with van der Waals surface area (Å²) in [5, 5.41) is 3.00. The lowest BCUT2D eigenvalue weighted by Crippen LogP contribution is -2.40. The van der Waals surface area contributed by atoms with Crippen LogP contribution in [0.15, 0.2) is 47.4 Å². The number of amides is 1. The maximum Gasteiger partial charge on any atom is 0.243 e. The topological polar surface area (TPSA) is 75.7 Å². The third-order valence-electron chi connectivity index (χ3n) is 5.23. The number of benzene rings is 2. The van der Waals surface area contributed by atoms with Crippen molar-refractivity contribution in [3.8, 4) is 5.75 Å². The highest BCUT2D eigenvalue weighted by molar-refractivity contribution is 7.89. The molecule has 1 atom stereocenters. The minimum atomic E-state index is -3.77. The molecule has 3 rings (SSSR count). The number of ether oxygens (including phenoxy) is 1. The molecule has 156 valence electrons. The second-order valence-corrected chi connectivity index (χ2v) is 9.38. The van der Waals surface area contributed by atoms with Crippen molar-refractivity contribution >= 4 is 15.9 Å². The van der Waals surface area contributed by atoms with Gasteiger partial charge in [0.2, 0.25) is 15.9 Å². The number of sulfonamides is 1. The summed E-state index contributed by atoms with van der Waals surface area (Å²) in [5.41, 5.74) is 3.11. The lowest BCUT2D eigenvalue weighted by molar-refractivity contribution is -0.122. The van der Waals surface area contributed by atoms with Crippen LogP contribution in [-0.2, 0) is 21.2 Å². The molecular weight excluding hydrogens is 388 g/mol. The van der Waals surface area contributed by atoms with Crippen molar-refractivity contribution in [2.45, 2.75) is 44.0 Å². The highest BCUT2D eigenvalue weighted by Crippen LogP contribution is 2.29. The van der Waals surface area contributed by atoms with E-state index in [2.05, 4.69) is 11.4 Å². The van der Waals surface area contributed by atoms with Gasteiger partial charge in [0.1, 0.15) is 5.75 Å². The highest BCUT2D eigenvalue weighted by atomic mass is 32.2. The van der Waals surface area contributed by atoms with E-state index in [1.807, 2.05) is 25.1 Å². The van der Waals surface area contributed by atoms with Gasteiger partial charge in [-0.25, -0.2) is 8.42 Å². The summed E-state index contributed by atoms with van der Waals surface area (Å²) in [6.45, 7) is 3.96. The quantitative estimate of drug-likeness (QED) is 0.752. The van der Waals surface area contributed by atoms with Crippen molar-refractivity contribution in [3.63, 3.8) is 0 Å². The van der Waals surface area contributed by atoms with Crippen LogP contribution in [0.2, 0.25) is 0 Å². The van der Waals surface area contributed by atoms with Crippen LogP contribution in [-0.4, -0.2) is 38.8 Å². The van der Waals surface area contributed by atoms with Gasteiger partial charge >= 0.3 is 0 Å². The van der Waals surface area contributed by atoms with E-state index in [0.29, 0.717) is 12.4 Å². The summed E-state index contributed by atoms with van der Waals surface area (Å²) in [5.74, 6) is 0.350. The molecule has 6 nitrogen and oxygen atoms in total. The number of nitrogens with one attached hydrogen (secondary N) is 1. The Hall–Kier alpha value is -2.38. The monoisotopic (exact) mass is 416 g/mol. The highest BCUT2D eigenvalue weighted by Gasteiger charge is 2.26. The summed E-state index contributed by atoms with van der Waals surface area (Å²) in [7, 11) is -2.35. The van der Waals surface area contributed by atoms with E-state index in [-0.39, 0.29) is 23.4 Å². The Morgan fingerprint density at radius 2 is 2.00 bits per heavy atom. The van der Waals surface area contributed by atoms with Crippen molar-refractivity contribution < 1.29 is 17.9 Å². The normalized spacial score (nSPS) is 16.3. The molecule has 7 heteroatoms. The van der Waals surface area contributed by atoms with Gasteiger partial charge in [0, 0.05) is 7.05 Å². The SMILES string of the molecule is CCOc1ccc(S(=O)(=O)N(C)CC(=O)N[C@@H]2CCCc3ccccc32)cc1C. The molecule has 1 N–H and O–H groups in total. The van der Waals surface area contributed by atoms with E-state index >= 15 is 0 Å². The molecule has 0 bridgehead atoms. The zero-order valence-electron chi connectivity index (χ0n) is 17.1. The van der Waals surface area contributed by atoms with Crippen LogP contribution >= 0.6 is 0 Å². The molecule has 0 saturated carbocycles. The Morgan fingerprint density at radius 3 is 2.72 bits per heavy atom. The number of carbonyl (C=O) groups is 1. The van der Waals surface area contributed by atoms with E-state index in [4.69, 9.17) is 4.74 Å². The number of likely N-dealkylation sites (N-methyl/N-ethyl adjacent to an activating group) is 1. The number of carbonyl (C=O) groups excluding carboxylic acids is 1. The van der Waals surface area contributed by atoms with Crippen LogP contribution in [0.4, 0.5) is 0 Å². The summed E-state index contributed by atoms with van der Waals surface area (Å²) in [6, 6.07) is 12.7. The summed E-state index contributed by atoms with van der Waals surface area (Å²) < 4.78 is 32.3. The molecule has 2 aromatic carbocycles. The van der Waals surface area contributed by atoms with Gasteiger partial charge in [-0.05, 0) is 68.0 Å². The van der Waals surface area contributed by atoms with Crippen LogP contribution in [0.5, 0.6) is 5.75 Å². The first-order valence-electron chi connectivity index (χ1n) is 9.90. The van der Waals surface area contributed by atoms with Crippen LogP contribution in [0.1, 0.15) is 42.5 Å². The Bertz CT molecular complexity index is 988. The first-order valence-corrected chi connectivity index (χ1v) is 11.3. The number of nitrogens with zero attached hydrogens (tertiary/aromatic N) is 1. The van der Waals surface area contributed by atoms with Crippen molar-refractivity contribution in [1.29, 1.82) is 0 Å². The van der Waals surface area contributed by atoms with E-state index in [0.717, 1.165) is 34.7 Å². The smallest absolute Gasteiger partial charge is 0.243 e. The average Bonchev–Trinajstić information content (AvgIpc) is 2.69. The van der Waals surface area contributed by atoms with Crippen molar-refractivity contribution in [1.82, 2.24) is 9.62 Å². The van der Waals surface area contributed by atoms with Gasteiger partial charge in [-0.1, -0.05) is 24.3 Å². The second kappa shape index (κ2) is 8.97. The predicted octanol–water partition coefficient (Wildman–Crippen LogP) is 3.21. The van der Waals surface area contributed by atoms with Crippen LogP contribution < -0.4 is 10.1 Å². The molecule has 29 heavy (non-hydrogen) atoms. The van der Waals surface area contributed by atoms with Gasteiger partial charge in [-0.2, -0.15) is 4.31 Å². The molecule has 0 saturated heterocycles. The zero-order chi connectivity index (χ0) is 21.0. The summed E-state index contributed by atoms with van der Waals surface area (Å²) in [4.78, 5) is 12.7. The molecule has 0 aliphatic heterocycles. The fourth-order valence-corrected chi connectivity index (χ4v) is 4.92. The molecule has 0 heterocycles. The molecule has 0 unspecified atom stereocenters. The Balaban J connectivity index is 1.68. The fraction of sp³-hybridized carbons (Fsp3) is 0.409. The van der Waals surface area contributed by atoms with Gasteiger partial charge in [0.25, 0.3) is 0 Å². The van der Waals surface area contributed by atoms with Gasteiger partial charge in [0.05, 0.1) is 24.1 Å². The number of hydrogen-bond donors (Lipinski definition) is 1. The van der Waals surface area contributed by atoms with Gasteiger partial charge in [-0.15, -0.1) is 0 Å². The minimum absolute atomic E-state index is 0.0729. The molecule has 0 aromatic heterocycles. The third-order valence-corrected chi connectivity index (χ3v) is 7.02. The van der Waals surface area contributed by atoms with E-state index in [1.54, 1.807) is 19.1 Å². The van der Waals surface area contributed by atoms with E-state index < -0.39 is 10.0 Å². The molecule has 0 radical (unpaired) electrons. The Labute approximate surface area is 172 Å². The number of aryl methyl sites for hydroxylation is 2. The lowest BCUT2D eigenvalue weighted by Gasteiger charge is -2.27. The molecule has 2 aromatic rings. The van der Waals surface area contributed by atoms with E-state index in [1.165, 1.54) is 18.7 Å². The molecular formula is C22H28N2O4S. The maximum absolute atomic E-state index is 12.9. The summed E-state index contributed by atoms with van der Waals surface area (Å²) >= 11 is 0. The molecule has 0 spiro atoms. The van der Waals surface area contributed by atoms with Crippen molar-refractivity contribution in [2.75, 3.05) is 20.2 Å². The van der Waals surface area contributed by atoms with Crippen molar-refractivity contribution in [2.24, 2.45) is 0 Å². The standard InChI is InChI=1S/C22H28N2O4S/c1-4-28-21-13-12-18(14-16(21)2)29(26,27)24(3)15-22(25)23-20-11-7-9-17-8-5-6-10-19(17)20/h5-6,8,10,12-14,20H,4,7,9,11,15H2,1-3H3,(H,23,25)/t20-/m1/s1. The molecule has 1 amide bonds. The number of fused-ring (bicyclic) bond motifs is 1. The molecule has 1 aliphatic rings. The van der Waals surface area contributed by atoms with Crippen LogP contribution in [0.25, 0.3) is 0 Å². The predicted molar refractivity (Wildman–Crippen MR) is 112 cm³/mol. The Morgan fingerprint density at radius 1 is 1.24 bits per heavy atom. The van der Waals surface area contributed by atoms with Crippen molar-refractivity contribution in [3.05, 3.63) is 59.2 Å². The summed E-state index contributed by atoms with van der Waals surface area (Å²) in [6.07, 6.45) is 2.87. The van der Waals surface area contributed by atoms with E-state index in [9.17, 15) is 13.2 Å². The molecule has 1 aliphatic carbocycles. The first kappa shape index (κ1) is 21.3. The first-order chi connectivity index (χ1) is 13.8. The fourth-order valence-electron chi connectivity index (χ4n) is 3.71. The van der Waals surface area contributed by atoms with Crippen LogP contribution in [0, 0.1) is 6.92 Å². The van der Waals surface area contributed by atoms with Gasteiger partial charge in [0.15, 0.2) is 0 Å². The largest absolute Gasteiger partial charge is 0.494 e. The number of rotatable bonds is 7. The lowest BCUT2D eigenvalue weighted by atomic mass is 9.88. The van der Waals surface area contributed by atoms with Gasteiger partial charge < -0.3 is 10.1 Å². The molecule has 0 fully saturated rings. The number of hydrogen-bond acceptors (Lipinski definition) is 4. The third kappa shape index (κ3) is 4.79. The van der Waals surface area contributed by atoms with Crippen LogP contribution in [0.3, 0.4) is 0 Å². The zero-order valence-corrected chi connectivity index (χ0v) is 18.0. The van der Waals surface area contributed by atoms with Gasteiger partial charge in [-0.3, -0.25) is 4.79 Å². The average molecular weight is 417 g/mol. The maximum atomic E-state index is 12.9. The Kier molecular flexibility index (Phi) is 6.59.